The second-order valence-corrected chi connectivity index (χ2v) is 6.73. The maximum Gasteiger partial charge on any atom is 1.00 e. The SMILES string of the molecule is FB(F)F.[CH2-][C@@H]1CN(C(=O)OC(C)(C)C)C[C@H]1c1ccc(C#N)cc1.[K+]. The quantitative estimate of drug-likeness (QED) is 0.534. The molecule has 1 aliphatic rings. The summed E-state index contributed by atoms with van der Waals surface area (Å²) in [5.41, 5.74) is 1.27. The van der Waals surface area contributed by atoms with Crippen molar-refractivity contribution in [3.8, 4) is 6.07 Å². The zero-order chi connectivity index (χ0) is 19.2. The summed E-state index contributed by atoms with van der Waals surface area (Å²) in [6.45, 7) is 10.9. The van der Waals surface area contributed by atoms with Crippen molar-refractivity contribution in [1.82, 2.24) is 4.90 Å². The van der Waals surface area contributed by atoms with Gasteiger partial charge in [0.25, 0.3) is 0 Å². The molecule has 1 amide bonds. The number of amides is 1. The normalized spacial score (nSPS) is 18.8. The fourth-order valence-corrected chi connectivity index (χ4v) is 2.53. The number of benzene rings is 1. The minimum atomic E-state index is -3.67. The van der Waals surface area contributed by atoms with E-state index in [1.807, 2.05) is 32.9 Å². The van der Waals surface area contributed by atoms with Crippen LogP contribution in [0.5, 0.6) is 0 Å². The van der Waals surface area contributed by atoms with E-state index in [1.165, 1.54) is 0 Å². The van der Waals surface area contributed by atoms with Crippen molar-refractivity contribution in [3.63, 3.8) is 0 Å². The average Bonchev–Trinajstić information content (AvgIpc) is 2.87. The number of nitrogens with zero attached hydrogens (tertiary/aromatic N) is 2. The molecule has 1 fully saturated rings. The predicted octanol–water partition coefficient (Wildman–Crippen LogP) is 1.23. The maximum absolute atomic E-state index is 12.1. The van der Waals surface area contributed by atoms with Gasteiger partial charge in [0, 0.05) is 6.54 Å². The smallest absolute Gasteiger partial charge is 0.444 e. The van der Waals surface area contributed by atoms with Gasteiger partial charge in [-0.15, -0.1) is 5.92 Å². The molecular weight excluding hydrogens is 371 g/mol. The standard InChI is InChI=1S/C17H21N2O2.BF3.K/c1-12-10-19(16(20)21-17(2,3)4)11-15(12)14-7-5-13(9-18)6-8-14;2-1(3)4;/h5-8,12,15H,1,10-11H2,2-4H3;;/q-1;;+1/t12-,15-;;/m1../s1. The first-order valence-electron chi connectivity index (χ1n) is 7.76. The first-order chi connectivity index (χ1) is 11.5. The van der Waals surface area contributed by atoms with E-state index in [0.717, 1.165) is 5.56 Å². The second-order valence-electron chi connectivity index (χ2n) is 6.73. The molecule has 0 N–H and O–H groups in total. The van der Waals surface area contributed by atoms with E-state index < -0.39 is 13.1 Å². The van der Waals surface area contributed by atoms with Crippen LogP contribution in [0, 0.1) is 24.2 Å². The summed E-state index contributed by atoms with van der Waals surface area (Å²) in [6.07, 6.45) is -0.285. The van der Waals surface area contributed by atoms with Gasteiger partial charge in [0.1, 0.15) is 5.60 Å². The van der Waals surface area contributed by atoms with Gasteiger partial charge in [-0.05, 0) is 50.9 Å². The van der Waals surface area contributed by atoms with E-state index in [2.05, 4.69) is 13.0 Å². The fraction of sp³-hybridized carbons (Fsp3) is 0.471. The molecule has 0 bridgehead atoms. The fourth-order valence-electron chi connectivity index (χ4n) is 2.53. The summed E-state index contributed by atoms with van der Waals surface area (Å²) >= 11 is 0. The molecule has 4 nitrogen and oxygen atoms in total. The minimum absolute atomic E-state index is 0. The average molecular weight is 392 g/mol. The topological polar surface area (TPSA) is 53.3 Å². The number of rotatable bonds is 1. The molecule has 0 unspecified atom stereocenters. The van der Waals surface area contributed by atoms with Crippen LogP contribution in [0.4, 0.5) is 17.7 Å². The van der Waals surface area contributed by atoms with Crippen molar-refractivity contribution >= 4 is 13.6 Å². The molecule has 0 radical (unpaired) electrons. The maximum atomic E-state index is 12.1. The van der Waals surface area contributed by atoms with Gasteiger partial charge in [-0.2, -0.15) is 5.26 Å². The van der Waals surface area contributed by atoms with Gasteiger partial charge < -0.3 is 16.6 Å². The summed E-state index contributed by atoms with van der Waals surface area (Å²) in [5.74, 6) is 0.315. The molecule has 9 heteroatoms. The summed E-state index contributed by atoms with van der Waals surface area (Å²) in [4.78, 5) is 13.8. The van der Waals surface area contributed by atoms with E-state index in [9.17, 15) is 17.7 Å². The van der Waals surface area contributed by atoms with Gasteiger partial charge in [0.15, 0.2) is 0 Å². The van der Waals surface area contributed by atoms with Crippen LogP contribution in [0.3, 0.4) is 0 Å². The Kier molecular flexibility index (Phi) is 11.1. The van der Waals surface area contributed by atoms with Gasteiger partial charge in [0.05, 0.1) is 11.6 Å². The summed E-state index contributed by atoms with van der Waals surface area (Å²) < 4.78 is 34.4. The Morgan fingerprint density at radius 3 is 2.19 bits per heavy atom. The van der Waals surface area contributed by atoms with Crippen molar-refractivity contribution in [2.45, 2.75) is 32.3 Å². The van der Waals surface area contributed by atoms with Crippen LogP contribution in [-0.2, 0) is 4.74 Å². The van der Waals surface area contributed by atoms with E-state index >= 15 is 0 Å². The van der Waals surface area contributed by atoms with Gasteiger partial charge in [0.2, 0.25) is 0 Å². The summed E-state index contributed by atoms with van der Waals surface area (Å²) in [5, 5.41) is 8.84. The van der Waals surface area contributed by atoms with Crippen LogP contribution >= 0.6 is 0 Å². The van der Waals surface area contributed by atoms with E-state index in [4.69, 9.17) is 10.00 Å². The number of likely N-dealkylation sites (tertiary alicyclic amines) is 1. The number of nitriles is 1. The van der Waals surface area contributed by atoms with Crippen molar-refractivity contribution in [2.75, 3.05) is 13.1 Å². The number of carbonyl (C=O) groups is 1. The van der Waals surface area contributed by atoms with Gasteiger partial charge >= 0.3 is 65.0 Å². The van der Waals surface area contributed by atoms with E-state index in [-0.39, 0.29) is 69.3 Å². The summed E-state index contributed by atoms with van der Waals surface area (Å²) in [7, 11) is -3.67. The molecular formula is C17H21BF3KN2O2. The van der Waals surface area contributed by atoms with Crippen LogP contribution in [0.25, 0.3) is 0 Å². The molecule has 2 rings (SSSR count). The Morgan fingerprint density at radius 2 is 1.77 bits per heavy atom. The molecule has 1 aromatic rings. The zero-order valence-corrected chi connectivity index (χ0v) is 18.6. The molecule has 2 atom stereocenters. The van der Waals surface area contributed by atoms with E-state index in [0.29, 0.717) is 18.7 Å². The second kappa shape index (κ2) is 11.3. The predicted molar refractivity (Wildman–Crippen MR) is 89.6 cm³/mol. The third kappa shape index (κ3) is 8.91. The Bertz CT molecular complexity index is 615. The Balaban J connectivity index is 0.00000113. The third-order valence-electron chi connectivity index (χ3n) is 3.56. The van der Waals surface area contributed by atoms with Gasteiger partial charge in [-0.1, -0.05) is 12.1 Å². The molecule has 26 heavy (non-hydrogen) atoms. The molecule has 1 aliphatic heterocycles. The molecule has 0 aliphatic carbocycles. The Labute approximate surface area is 195 Å². The van der Waals surface area contributed by atoms with Crippen molar-refractivity contribution in [1.29, 1.82) is 5.26 Å². The molecule has 0 aromatic heterocycles. The number of hydrogen-bond acceptors (Lipinski definition) is 3. The number of ether oxygens (including phenoxy) is 1. The monoisotopic (exact) mass is 392 g/mol. The molecule has 136 valence electrons. The Morgan fingerprint density at radius 1 is 1.27 bits per heavy atom. The largest absolute Gasteiger partial charge is 1.00 e. The first kappa shape index (κ1) is 25.5. The van der Waals surface area contributed by atoms with Crippen LogP contribution in [-0.4, -0.2) is 37.2 Å². The number of halogens is 3. The molecule has 1 aromatic carbocycles. The molecule has 1 heterocycles. The van der Waals surface area contributed by atoms with Crippen LogP contribution in [0.1, 0.15) is 37.8 Å². The van der Waals surface area contributed by atoms with Crippen molar-refractivity contribution in [2.24, 2.45) is 5.92 Å². The zero-order valence-electron chi connectivity index (χ0n) is 15.5. The van der Waals surface area contributed by atoms with Crippen LogP contribution in [0.15, 0.2) is 24.3 Å². The Hall–Kier alpha value is -0.529. The molecule has 1 saturated heterocycles. The number of carbonyl (C=O) groups excluding carboxylic acids is 1. The third-order valence-corrected chi connectivity index (χ3v) is 3.56. The van der Waals surface area contributed by atoms with Crippen molar-refractivity contribution in [3.05, 3.63) is 42.3 Å². The van der Waals surface area contributed by atoms with Crippen LogP contribution in [0.2, 0.25) is 0 Å². The van der Waals surface area contributed by atoms with Crippen LogP contribution < -0.4 is 51.4 Å². The minimum Gasteiger partial charge on any atom is -0.444 e. The molecule has 0 saturated carbocycles. The van der Waals surface area contributed by atoms with E-state index in [1.54, 1.807) is 17.0 Å². The molecule has 0 spiro atoms. The van der Waals surface area contributed by atoms with Gasteiger partial charge in [-0.25, -0.2) is 4.79 Å². The van der Waals surface area contributed by atoms with Crippen molar-refractivity contribution < 1.29 is 73.9 Å². The summed E-state index contributed by atoms with van der Waals surface area (Å²) in [6, 6.07) is 9.60. The first-order valence-corrected chi connectivity index (χ1v) is 7.76. The van der Waals surface area contributed by atoms with Gasteiger partial charge in [-0.3, -0.25) is 12.9 Å². The number of hydrogen-bond donors (Lipinski definition) is 0.